The number of rotatable bonds is 0. The molecule has 14 heavy (non-hydrogen) atoms. The standard InChI is InChI=1S/C12H19NO/c1-10-8-12(6-4-3-5-7-12)9-11(14)13(10)2/h1,3-9H2,2H3. The highest BCUT2D eigenvalue weighted by Gasteiger charge is 2.40. The van der Waals surface area contributed by atoms with Crippen LogP contribution in [0, 0.1) is 5.41 Å². The van der Waals surface area contributed by atoms with Gasteiger partial charge < -0.3 is 4.90 Å². The summed E-state index contributed by atoms with van der Waals surface area (Å²) in [5.41, 5.74) is 1.31. The topological polar surface area (TPSA) is 20.3 Å². The highest BCUT2D eigenvalue weighted by molar-refractivity contribution is 5.79. The monoisotopic (exact) mass is 193 g/mol. The summed E-state index contributed by atoms with van der Waals surface area (Å²) in [7, 11) is 1.85. The van der Waals surface area contributed by atoms with Crippen molar-refractivity contribution in [1.29, 1.82) is 0 Å². The summed E-state index contributed by atoms with van der Waals surface area (Å²) >= 11 is 0. The van der Waals surface area contributed by atoms with Gasteiger partial charge in [0.25, 0.3) is 0 Å². The Hall–Kier alpha value is -0.790. The van der Waals surface area contributed by atoms with Crippen LogP contribution in [0.25, 0.3) is 0 Å². The maximum absolute atomic E-state index is 11.7. The minimum atomic E-state index is 0.267. The molecule has 1 spiro atoms. The number of nitrogens with zero attached hydrogens (tertiary/aromatic N) is 1. The van der Waals surface area contributed by atoms with Gasteiger partial charge in [0.05, 0.1) is 0 Å². The summed E-state index contributed by atoms with van der Waals surface area (Å²) in [6, 6.07) is 0. The Morgan fingerprint density at radius 2 is 1.86 bits per heavy atom. The van der Waals surface area contributed by atoms with Crippen molar-refractivity contribution < 1.29 is 4.79 Å². The molecule has 1 heterocycles. The van der Waals surface area contributed by atoms with Crippen molar-refractivity contribution in [2.75, 3.05) is 7.05 Å². The first-order valence-electron chi connectivity index (χ1n) is 5.57. The Morgan fingerprint density at radius 1 is 1.21 bits per heavy atom. The average Bonchev–Trinajstić information content (AvgIpc) is 2.15. The average molecular weight is 193 g/mol. The Morgan fingerprint density at radius 3 is 2.43 bits per heavy atom. The smallest absolute Gasteiger partial charge is 0.227 e. The van der Waals surface area contributed by atoms with Crippen LogP contribution in [0.1, 0.15) is 44.9 Å². The molecule has 0 unspecified atom stereocenters. The Labute approximate surface area is 86.0 Å². The zero-order chi connectivity index (χ0) is 10.2. The van der Waals surface area contributed by atoms with E-state index in [1.54, 1.807) is 4.90 Å². The van der Waals surface area contributed by atoms with Crippen molar-refractivity contribution in [2.24, 2.45) is 5.41 Å². The molecule has 1 aliphatic heterocycles. The molecule has 0 atom stereocenters. The first kappa shape index (κ1) is 9.75. The van der Waals surface area contributed by atoms with Gasteiger partial charge in [0.15, 0.2) is 0 Å². The second-order valence-electron chi connectivity index (χ2n) is 4.93. The second-order valence-corrected chi connectivity index (χ2v) is 4.93. The summed E-state index contributed by atoms with van der Waals surface area (Å²) in [6.07, 6.45) is 8.18. The molecule has 78 valence electrons. The molecule has 2 nitrogen and oxygen atoms in total. The molecular formula is C12H19NO. The fourth-order valence-electron chi connectivity index (χ4n) is 2.89. The molecule has 1 amide bonds. The van der Waals surface area contributed by atoms with E-state index in [1.165, 1.54) is 32.1 Å². The van der Waals surface area contributed by atoms with Crippen LogP contribution >= 0.6 is 0 Å². The van der Waals surface area contributed by atoms with Gasteiger partial charge in [-0.2, -0.15) is 0 Å². The van der Waals surface area contributed by atoms with E-state index in [2.05, 4.69) is 6.58 Å². The van der Waals surface area contributed by atoms with Gasteiger partial charge in [-0.25, -0.2) is 0 Å². The van der Waals surface area contributed by atoms with E-state index >= 15 is 0 Å². The Bertz CT molecular complexity index is 243. The summed E-state index contributed by atoms with van der Waals surface area (Å²) in [4.78, 5) is 13.5. The lowest BCUT2D eigenvalue weighted by Gasteiger charge is -2.43. The first-order valence-corrected chi connectivity index (χ1v) is 5.57. The van der Waals surface area contributed by atoms with Gasteiger partial charge in [-0.05, 0) is 24.7 Å². The van der Waals surface area contributed by atoms with Crippen LogP contribution in [0.2, 0.25) is 0 Å². The molecule has 2 heteroatoms. The third kappa shape index (κ3) is 1.58. The van der Waals surface area contributed by atoms with Crippen molar-refractivity contribution in [1.82, 2.24) is 4.90 Å². The molecule has 2 aliphatic rings. The molecule has 0 aromatic heterocycles. The summed E-state index contributed by atoms with van der Waals surface area (Å²) in [6.45, 7) is 4.00. The Kier molecular flexibility index (Phi) is 2.38. The highest BCUT2D eigenvalue weighted by atomic mass is 16.2. The number of piperidine rings is 1. The van der Waals surface area contributed by atoms with Crippen LogP contribution in [0.4, 0.5) is 0 Å². The van der Waals surface area contributed by atoms with Gasteiger partial charge >= 0.3 is 0 Å². The quantitative estimate of drug-likeness (QED) is 0.579. The van der Waals surface area contributed by atoms with E-state index in [-0.39, 0.29) is 5.91 Å². The molecule has 2 rings (SSSR count). The molecule has 0 aromatic carbocycles. The number of hydrogen-bond donors (Lipinski definition) is 0. The van der Waals surface area contributed by atoms with Crippen LogP contribution in [0.15, 0.2) is 12.3 Å². The Balaban J connectivity index is 2.14. The SMILES string of the molecule is C=C1CC2(CCCCC2)CC(=O)N1C. The zero-order valence-corrected chi connectivity index (χ0v) is 9.01. The predicted molar refractivity (Wildman–Crippen MR) is 56.7 cm³/mol. The van der Waals surface area contributed by atoms with Gasteiger partial charge in [-0.15, -0.1) is 0 Å². The third-order valence-corrected chi connectivity index (χ3v) is 3.87. The lowest BCUT2D eigenvalue weighted by atomic mass is 9.67. The fraction of sp³-hybridized carbons (Fsp3) is 0.750. The molecule has 1 saturated carbocycles. The lowest BCUT2D eigenvalue weighted by molar-refractivity contribution is -0.134. The second kappa shape index (κ2) is 3.41. The van der Waals surface area contributed by atoms with E-state index in [0.29, 0.717) is 5.41 Å². The van der Waals surface area contributed by atoms with Crippen molar-refractivity contribution in [3.63, 3.8) is 0 Å². The number of carbonyl (C=O) groups is 1. The van der Waals surface area contributed by atoms with Crippen LogP contribution in [-0.2, 0) is 4.79 Å². The van der Waals surface area contributed by atoms with Crippen molar-refractivity contribution in [2.45, 2.75) is 44.9 Å². The molecule has 0 bridgehead atoms. The van der Waals surface area contributed by atoms with Gasteiger partial charge in [-0.3, -0.25) is 4.79 Å². The molecule has 1 saturated heterocycles. The van der Waals surface area contributed by atoms with E-state index < -0.39 is 0 Å². The number of allylic oxidation sites excluding steroid dienone is 1. The van der Waals surface area contributed by atoms with Crippen LogP contribution in [0.5, 0.6) is 0 Å². The van der Waals surface area contributed by atoms with Crippen molar-refractivity contribution >= 4 is 5.91 Å². The molecule has 0 N–H and O–H groups in total. The van der Waals surface area contributed by atoms with Gasteiger partial charge in [0.1, 0.15) is 0 Å². The largest absolute Gasteiger partial charge is 0.320 e. The van der Waals surface area contributed by atoms with Gasteiger partial charge in [-0.1, -0.05) is 25.8 Å². The number of likely N-dealkylation sites (tertiary alicyclic amines) is 1. The zero-order valence-electron chi connectivity index (χ0n) is 9.01. The van der Waals surface area contributed by atoms with E-state index in [9.17, 15) is 4.79 Å². The number of amides is 1. The summed E-state index contributed by atoms with van der Waals surface area (Å²) in [5.74, 6) is 0.267. The summed E-state index contributed by atoms with van der Waals surface area (Å²) < 4.78 is 0. The summed E-state index contributed by atoms with van der Waals surface area (Å²) in [5, 5.41) is 0. The van der Waals surface area contributed by atoms with Gasteiger partial charge in [0.2, 0.25) is 5.91 Å². The van der Waals surface area contributed by atoms with E-state index in [1.807, 2.05) is 7.05 Å². The molecular weight excluding hydrogens is 174 g/mol. The van der Waals surface area contributed by atoms with Crippen LogP contribution in [0.3, 0.4) is 0 Å². The molecule has 0 aromatic rings. The normalized spacial score (nSPS) is 27.1. The first-order chi connectivity index (χ1) is 6.63. The van der Waals surface area contributed by atoms with E-state index in [4.69, 9.17) is 0 Å². The minimum absolute atomic E-state index is 0.267. The number of hydrogen-bond acceptors (Lipinski definition) is 1. The van der Waals surface area contributed by atoms with Gasteiger partial charge in [0, 0.05) is 19.2 Å². The molecule has 2 fully saturated rings. The third-order valence-electron chi connectivity index (χ3n) is 3.87. The number of carbonyl (C=O) groups excluding carboxylic acids is 1. The van der Waals surface area contributed by atoms with E-state index in [0.717, 1.165) is 18.5 Å². The maximum Gasteiger partial charge on any atom is 0.227 e. The van der Waals surface area contributed by atoms with Crippen molar-refractivity contribution in [3.05, 3.63) is 12.3 Å². The fourth-order valence-corrected chi connectivity index (χ4v) is 2.89. The maximum atomic E-state index is 11.7. The van der Waals surface area contributed by atoms with Crippen LogP contribution in [-0.4, -0.2) is 17.9 Å². The lowest BCUT2D eigenvalue weighted by Crippen LogP contribution is -2.41. The highest BCUT2D eigenvalue weighted by Crippen LogP contribution is 2.47. The molecule has 1 aliphatic carbocycles. The minimum Gasteiger partial charge on any atom is -0.320 e. The predicted octanol–water partition coefficient (Wildman–Crippen LogP) is 2.70. The van der Waals surface area contributed by atoms with Crippen molar-refractivity contribution in [3.8, 4) is 0 Å². The molecule has 0 radical (unpaired) electrons. The van der Waals surface area contributed by atoms with Crippen LogP contribution < -0.4 is 0 Å².